The maximum absolute atomic E-state index is 13.9. The lowest BCUT2D eigenvalue weighted by Gasteiger charge is -2.31. The summed E-state index contributed by atoms with van der Waals surface area (Å²) in [5, 5.41) is 12.6. The number of imidazole rings is 1. The first-order chi connectivity index (χ1) is 20.6. The first kappa shape index (κ1) is 29.5. The van der Waals surface area contributed by atoms with E-state index in [1.807, 2.05) is 69.2 Å². The Kier molecular flexibility index (Phi) is 8.32. The van der Waals surface area contributed by atoms with E-state index in [4.69, 9.17) is 10.5 Å². The molecular formula is C32H36N8O3. The summed E-state index contributed by atoms with van der Waals surface area (Å²) in [6, 6.07) is 18.5. The Labute approximate surface area is 250 Å². The number of amides is 1. The number of hydrogen-bond acceptors (Lipinski definition) is 8. The van der Waals surface area contributed by atoms with Crippen molar-refractivity contribution in [3.05, 3.63) is 83.1 Å². The normalized spacial score (nSPS) is 17.5. The van der Waals surface area contributed by atoms with Gasteiger partial charge in [-0.3, -0.25) is 13.9 Å². The number of carbonyl (C=O) groups is 1. The number of nitrogens with one attached hydrogen (secondary N) is 1. The second kappa shape index (κ2) is 12.1. The van der Waals surface area contributed by atoms with Gasteiger partial charge < -0.3 is 20.7 Å². The highest BCUT2D eigenvalue weighted by Crippen LogP contribution is 2.32. The van der Waals surface area contributed by atoms with Gasteiger partial charge in [0, 0.05) is 17.6 Å². The molecule has 43 heavy (non-hydrogen) atoms. The summed E-state index contributed by atoms with van der Waals surface area (Å²) in [5.74, 6) is 1.18. The van der Waals surface area contributed by atoms with Crippen LogP contribution in [-0.4, -0.2) is 55.6 Å². The van der Waals surface area contributed by atoms with Crippen molar-refractivity contribution in [2.24, 2.45) is 0 Å². The van der Waals surface area contributed by atoms with E-state index in [1.165, 1.54) is 6.33 Å². The van der Waals surface area contributed by atoms with Gasteiger partial charge in [-0.05, 0) is 96.1 Å². The molecule has 222 valence electrons. The minimum Gasteiger partial charge on any atom is -0.457 e. The van der Waals surface area contributed by atoms with E-state index in [1.54, 1.807) is 39.5 Å². The fourth-order valence-corrected chi connectivity index (χ4v) is 5.30. The molecule has 3 N–H and O–H groups in total. The van der Waals surface area contributed by atoms with Gasteiger partial charge >= 0.3 is 5.69 Å². The smallest absolute Gasteiger partial charge is 0.335 e. The first-order valence-corrected chi connectivity index (χ1v) is 14.3. The Bertz CT molecular complexity index is 1740. The molecule has 0 atom stereocenters. The summed E-state index contributed by atoms with van der Waals surface area (Å²) in [7, 11) is 3.80. The van der Waals surface area contributed by atoms with Crippen molar-refractivity contribution in [1.29, 1.82) is 5.26 Å². The van der Waals surface area contributed by atoms with Crippen LogP contribution < -0.4 is 21.5 Å². The zero-order valence-corrected chi connectivity index (χ0v) is 24.8. The minimum atomic E-state index is -0.450. The second-order valence-electron chi connectivity index (χ2n) is 11.5. The molecule has 2 aromatic heterocycles. The third kappa shape index (κ3) is 6.15. The zero-order valence-electron chi connectivity index (χ0n) is 24.8. The molecular weight excluding hydrogens is 544 g/mol. The Morgan fingerprint density at radius 2 is 1.72 bits per heavy atom. The Hall–Kier alpha value is -4.95. The molecule has 0 radical (unpaired) electrons. The molecule has 11 nitrogen and oxygen atoms in total. The molecule has 1 aliphatic carbocycles. The first-order valence-electron chi connectivity index (χ1n) is 14.3. The van der Waals surface area contributed by atoms with Crippen LogP contribution in [0, 0.1) is 11.3 Å². The summed E-state index contributed by atoms with van der Waals surface area (Å²) in [6.07, 6.45) is 5.65. The Balaban J connectivity index is 1.36. The SMILES string of the molecule is CN(C)C(C)(C)C=C(C#N)C(=O)NC1CCC(n2c(=O)n(-c3ccc(Oc4ccccc4)cc3)c3c(N)ncnc32)CC1. The minimum absolute atomic E-state index is 0.0903. The van der Waals surface area contributed by atoms with Crippen molar-refractivity contribution in [2.45, 2.75) is 57.2 Å². The molecule has 11 heteroatoms. The van der Waals surface area contributed by atoms with Crippen LogP contribution in [-0.2, 0) is 4.79 Å². The molecule has 1 saturated carbocycles. The number of aromatic nitrogens is 4. The van der Waals surface area contributed by atoms with Gasteiger partial charge in [-0.25, -0.2) is 14.8 Å². The van der Waals surface area contributed by atoms with Gasteiger partial charge in [-0.2, -0.15) is 5.26 Å². The molecule has 5 rings (SSSR count). The van der Waals surface area contributed by atoms with Crippen molar-refractivity contribution >= 4 is 22.9 Å². The van der Waals surface area contributed by atoms with E-state index in [2.05, 4.69) is 15.3 Å². The van der Waals surface area contributed by atoms with Crippen molar-refractivity contribution < 1.29 is 9.53 Å². The van der Waals surface area contributed by atoms with Gasteiger partial charge in [-0.1, -0.05) is 18.2 Å². The number of benzene rings is 2. The van der Waals surface area contributed by atoms with Crippen molar-refractivity contribution in [1.82, 2.24) is 29.3 Å². The summed E-state index contributed by atoms with van der Waals surface area (Å²) in [5.41, 5.74) is 7.21. The highest BCUT2D eigenvalue weighted by molar-refractivity contribution is 5.97. The molecule has 2 heterocycles. The predicted molar refractivity (Wildman–Crippen MR) is 165 cm³/mol. The van der Waals surface area contributed by atoms with Gasteiger partial charge in [0.2, 0.25) is 0 Å². The van der Waals surface area contributed by atoms with Crippen LogP contribution >= 0.6 is 0 Å². The van der Waals surface area contributed by atoms with E-state index in [0.29, 0.717) is 54.0 Å². The number of nitrogens with two attached hydrogens (primary N) is 1. The molecule has 0 aliphatic heterocycles. The van der Waals surface area contributed by atoms with Crippen molar-refractivity contribution in [2.75, 3.05) is 19.8 Å². The molecule has 4 aromatic rings. The van der Waals surface area contributed by atoms with Gasteiger partial charge in [0.25, 0.3) is 5.91 Å². The summed E-state index contributed by atoms with van der Waals surface area (Å²) in [6.45, 7) is 3.89. The highest BCUT2D eigenvalue weighted by Gasteiger charge is 2.30. The van der Waals surface area contributed by atoms with Crippen LogP contribution in [0.4, 0.5) is 5.82 Å². The fraction of sp³-hybridized carbons (Fsp3) is 0.344. The maximum atomic E-state index is 13.9. The maximum Gasteiger partial charge on any atom is 0.335 e. The summed E-state index contributed by atoms with van der Waals surface area (Å²) in [4.78, 5) is 37.4. The average Bonchev–Trinajstić information content (AvgIpc) is 3.30. The molecule has 2 aromatic carbocycles. The van der Waals surface area contributed by atoms with Crippen molar-refractivity contribution in [3.8, 4) is 23.3 Å². The molecule has 1 aliphatic rings. The molecule has 1 amide bonds. The molecule has 0 unspecified atom stereocenters. The van der Waals surface area contributed by atoms with Gasteiger partial charge in [0.15, 0.2) is 11.5 Å². The number of fused-ring (bicyclic) bond motifs is 1. The summed E-state index contributed by atoms with van der Waals surface area (Å²) >= 11 is 0. The number of hydrogen-bond donors (Lipinski definition) is 2. The lowest BCUT2D eigenvalue weighted by molar-refractivity contribution is -0.118. The zero-order chi connectivity index (χ0) is 30.7. The third-order valence-corrected chi connectivity index (χ3v) is 8.17. The quantitative estimate of drug-likeness (QED) is 0.231. The predicted octanol–water partition coefficient (Wildman–Crippen LogP) is 4.35. The molecule has 0 bridgehead atoms. The van der Waals surface area contributed by atoms with E-state index in [0.717, 1.165) is 0 Å². The number of nitriles is 1. The number of carbonyl (C=O) groups excluding carboxylic acids is 1. The highest BCUT2D eigenvalue weighted by atomic mass is 16.5. The Morgan fingerprint density at radius 3 is 2.35 bits per heavy atom. The largest absolute Gasteiger partial charge is 0.457 e. The van der Waals surface area contributed by atoms with Crippen LogP contribution in [0.5, 0.6) is 11.5 Å². The number of anilines is 1. The second-order valence-corrected chi connectivity index (χ2v) is 11.5. The van der Waals surface area contributed by atoms with Crippen LogP contribution in [0.2, 0.25) is 0 Å². The number of likely N-dealkylation sites (N-methyl/N-ethyl adjacent to an activating group) is 1. The molecule has 0 saturated heterocycles. The average molecular weight is 581 g/mol. The summed E-state index contributed by atoms with van der Waals surface area (Å²) < 4.78 is 9.15. The lowest BCUT2D eigenvalue weighted by Crippen LogP contribution is -2.41. The number of rotatable bonds is 8. The van der Waals surface area contributed by atoms with Gasteiger partial charge in [-0.15, -0.1) is 0 Å². The third-order valence-electron chi connectivity index (χ3n) is 8.17. The number of ether oxygens (including phenoxy) is 1. The van der Waals surface area contributed by atoms with Gasteiger partial charge in [0.1, 0.15) is 35.0 Å². The van der Waals surface area contributed by atoms with Crippen molar-refractivity contribution in [3.63, 3.8) is 0 Å². The van der Waals surface area contributed by atoms with Crippen LogP contribution in [0.15, 0.2) is 77.4 Å². The van der Waals surface area contributed by atoms with Crippen LogP contribution in [0.25, 0.3) is 16.9 Å². The van der Waals surface area contributed by atoms with Crippen LogP contribution in [0.3, 0.4) is 0 Å². The molecule has 0 spiro atoms. The lowest BCUT2D eigenvalue weighted by atomic mass is 9.90. The van der Waals surface area contributed by atoms with E-state index >= 15 is 0 Å². The Morgan fingerprint density at radius 1 is 1.07 bits per heavy atom. The topological polar surface area (TPSA) is 144 Å². The van der Waals surface area contributed by atoms with Crippen LogP contribution in [0.1, 0.15) is 45.6 Å². The number of nitrogens with zero attached hydrogens (tertiary/aromatic N) is 6. The monoisotopic (exact) mass is 580 g/mol. The fourth-order valence-electron chi connectivity index (χ4n) is 5.30. The van der Waals surface area contributed by atoms with Gasteiger partial charge in [0.05, 0.1) is 5.69 Å². The number of para-hydroxylation sites is 1. The van der Waals surface area contributed by atoms with E-state index in [-0.39, 0.29) is 35.1 Å². The van der Waals surface area contributed by atoms with E-state index in [9.17, 15) is 14.9 Å². The number of nitrogen functional groups attached to an aromatic ring is 1. The standard InChI is InChI=1S/C32H36N8O3/c1-32(2,38(3)4)18-21(19-33)30(41)37-22-10-12-24(13-11-22)40-29-27(28(34)35-20-36-29)39(31(40)42)23-14-16-26(17-15-23)43-25-8-6-5-7-9-25/h5-9,14-18,20,22,24H,10-13H2,1-4H3,(H,37,41)(H2,34,35,36). The molecule has 1 fully saturated rings. The van der Waals surface area contributed by atoms with E-state index < -0.39 is 5.54 Å².